The summed E-state index contributed by atoms with van der Waals surface area (Å²) in [5, 5.41) is 3.33. The molecule has 0 aromatic carbocycles. The van der Waals surface area contributed by atoms with Gasteiger partial charge in [-0.1, -0.05) is 0 Å². The molecule has 1 fully saturated rings. The maximum atomic E-state index is 11.5. The molecular formula is C12H19NO. The Morgan fingerprint density at radius 1 is 1.57 bits per heavy atom. The van der Waals surface area contributed by atoms with Crippen LogP contribution in [0.5, 0.6) is 0 Å². The maximum Gasteiger partial charge on any atom is 0.134 e. The van der Waals surface area contributed by atoms with E-state index in [1.807, 2.05) is 6.92 Å². The molecule has 1 rings (SSSR count). The fourth-order valence-corrected chi connectivity index (χ4v) is 1.85. The summed E-state index contributed by atoms with van der Waals surface area (Å²) in [7, 11) is 0. The lowest BCUT2D eigenvalue weighted by Gasteiger charge is -2.21. The Labute approximate surface area is 86.5 Å². The van der Waals surface area contributed by atoms with Crippen molar-refractivity contribution in [1.29, 1.82) is 0 Å². The molecule has 1 unspecified atom stereocenters. The van der Waals surface area contributed by atoms with Crippen LogP contribution in [0, 0.1) is 17.8 Å². The van der Waals surface area contributed by atoms with Gasteiger partial charge in [0.2, 0.25) is 0 Å². The van der Waals surface area contributed by atoms with Gasteiger partial charge in [-0.25, -0.2) is 0 Å². The van der Waals surface area contributed by atoms with E-state index in [1.165, 1.54) is 12.8 Å². The standard InChI is InChI=1S/C12H19NO/c1-2-3-4-7-12(14)9-11-6-5-8-13-10-11/h11,13H,4-10H2,1H3. The van der Waals surface area contributed by atoms with Crippen molar-refractivity contribution in [2.24, 2.45) is 5.92 Å². The number of rotatable bonds is 4. The molecule has 1 aliphatic heterocycles. The lowest BCUT2D eigenvalue weighted by molar-refractivity contribution is -0.120. The van der Waals surface area contributed by atoms with Crippen LogP contribution in [-0.4, -0.2) is 18.9 Å². The molecule has 0 bridgehead atoms. The predicted octanol–water partition coefficient (Wildman–Crippen LogP) is 1.75. The molecule has 14 heavy (non-hydrogen) atoms. The topological polar surface area (TPSA) is 29.1 Å². The Morgan fingerprint density at radius 2 is 2.43 bits per heavy atom. The highest BCUT2D eigenvalue weighted by atomic mass is 16.1. The van der Waals surface area contributed by atoms with Gasteiger partial charge in [0.05, 0.1) is 0 Å². The maximum absolute atomic E-state index is 11.5. The first-order chi connectivity index (χ1) is 6.83. The summed E-state index contributed by atoms with van der Waals surface area (Å²) in [6, 6.07) is 0. The highest BCUT2D eigenvalue weighted by Gasteiger charge is 2.15. The second-order valence-corrected chi connectivity index (χ2v) is 3.88. The monoisotopic (exact) mass is 193 g/mol. The average molecular weight is 193 g/mol. The van der Waals surface area contributed by atoms with E-state index in [4.69, 9.17) is 0 Å². The fraction of sp³-hybridized carbons (Fsp3) is 0.750. The van der Waals surface area contributed by atoms with Gasteiger partial charge in [0.1, 0.15) is 5.78 Å². The number of piperidine rings is 1. The van der Waals surface area contributed by atoms with Gasteiger partial charge in [-0.15, -0.1) is 11.8 Å². The Hall–Kier alpha value is -0.810. The van der Waals surface area contributed by atoms with Crippen molar-refractivity contribution in [1.82, 2.24) is 5.32 Å². The Balaban J connectivity index is 2.14. The molecule has 0 aliphatic carbocycles. The van der Waals surface area contributed by atoms with Gasteiger partial charge in [-0.3, -0.25) is 4.79 Å². The molecular weight excluding hydrogens is 174 g/mol. The van der Waals surface area contributed by atoms with Crippen LogP contribution in [0.4, 0.5) is 0 Å². The highest BCUT2D eigenvalue weighted by molar-refractivity contribution is 5.78. The smallest absolute Gasteiger partial charge is 0.134 e. The van der Waals surface area contributed by atoms with Crippen molar-refractivity contribution in [2.45, 2.75) is 39.0 Å². The zero-order valence-corrected chi connectivity index (χ0v) is 8.94. The van der Waals surface area contributed by atoms with Gasteiger partial charge < -0.3 is 5.32 Å². The van der Waals surface area contributed by atoms with Crippen LogP contribution in [-0.2, 0) is 4.79 Å². The third-order valence-corrected chi connectivity index (χ3v) is 2.62. The second-order valence-electron chi connectivity index (χ2n) is 3.88. The molecule has 0 aromatic rings. The molecule has 78 valence electrons. The van der Waals surface area contributed by atoms with Gasteiger partial charge >= 0.3 is 0 Å². The molecule has 0 spiro atoms. The van der Waals surface area contributed by atoms with E-state index in [0.29, 0.717) is 18.1 Å². The van der Waals surface area contributed by atoms with Crippen LogP contribution < -0.4 is 5.32 Å². The molecule has 1 N–H and O–H groups in total. The summed E-state index contributed by atoms with van der Waals surface area (Å²) < 4.78 is 0. The van der Waals surface area contributed by atoms with Crippen LogP contribution in [0.2, 0.25) is 0 Å². The highest BCUT2D eigenvalue weighted by Crippen LogP contribution is 2.15. The minimum absolute atomic E-state index is 0.376. The zero-order chi connectivity index (χ0) is 10.2. The first-order valence-corrected chi connectivity index (χ1v) is 5.45. The summed E-state index contributed by atoms with van der Waals surface area (Å²) in [5.41, 5.74) is 0. The molecule has 1 aliphatic rings. The number of hydrogen-bond acceptors (Lipinski definition) is 2. The van der Waals surface area contributed by atoms with E-state index in [2.05, 4.69) is 17.2 Å². The quantitative estimate of drug-likeness (QED) is 0.689. The van der Waals surface area contributed by atoms with Crippen LogP contribution in [0.1, 0.15) is 39.0 Å². The summed E-state index contributed by atoms with van der Waals surface area (Å²) in [5.74, 6) is 6.69. The van der Waals surface area contributed by atoms with E-state index >= 15 is 0 Å². The molecule has 1 saturated heterocycles. The normalized spacial score (nSPS) is 21.1. The number of nitrogens with one attached hydrogen (secondary N) is 1. The first kappa shape index (κ1) is 11.3. The molecule has 0 aromatic heterocycles. The zero-order valence-electron chi connectivity index (χ0n) is 8.94. The molecule has 0 saturated carbocycles. The second kappa shape index (κ2) is 6.62. The number of hydrogen-bond donors (Lipinski definition) is 1. The lowest BCUT2D eigenvalue weighted by Crippen LogP contribution is -2.31. The lowest BCUT2D eigenvalue weighted by atomic mass is 9.93. The van der Waals surface area contributed by atoms with Crippen LogP contribution >= 0.6 is 0 Å². The summed E-state index contributed by atoms with van der Waals surface area (Å²) in [6.45, 7) is 3.95. The van der Waals surface area contributed by atoms with Crippen molar-refractivity contribution in [3.8, 4) is 11.8 Å². The minimum atomic E-state index is 0.376. The van der Waals surface area contributed by atoms with Crippen molar-refractivity contribution in [3.05, 3.63) is 0 Å². The fourth-order valence-electron chi connectivity index (χ4n) is 1.85. The molecule has 1 atom stereocenters. The third kappa shape index (κ3) is 4.43. The largest absolute Gasteiger partial charge is 0.316 e. The first-order valence-electron chi connectivity index (χ1n) is 5.45. The summed E-state index contributed by atoms with van der Waals surface area (Å²) in [4.78, 5) is 11.5. The van der Waals surface area contributed by atoms with E-state index < -0.39 is 0 Å². The van der Waals surface area contributed by atoms with E-state index in [-0.39, 0.29) is 0 Å². The van der Waals surface area contributed by atoms with Crippen LogP contribution in [0.15, 0.2) is 0 Å². The predicted molar refractivity (Wildman–Crippen MR) is 57.9 cm³/mol. The Bertz CT molecular complexity index is 230. The SMILES string of the molecule is CC#CCCC(=O)CC1CCCNC1. The van der Waals surface area contributed by atoms with Crippen molar-refractivity contribution in [3.63, 3.8) is 0 Å². The Kier molecular flexibility index (Phi) is 5.32. The number of carbonyl (C=O) groups excluding carboxylic acids is 1. The molecule has 0 radical (unpaired) electrons. The van der Waals surface area contributed by atoms with Gasteiger partial charge in [-0.05, 0) is 38.8 Å². The van der Waals surface area contributed by atoms with Gasteiger partial charge in [0.25, 0.3) is 0 Å². The van der Waals surface area contributed by atoms with E-state index in [9.17, 15) is 4.79 Å². The van der Waals surface area contributed by atoms with Crippen molar-refractivity contribution < 1.29 is 4.79 Å². The van der Waals surface area contributed by atoms with Crippen molar-refractivity contribution >= 4 is 5.78 Å². The average Bonchev–Trinajstić information content (AvgIpc) is 2.20. The number of carbonyl (C=O) groups is 1. The minimum Gasteiger partial charge on any atom is -0.316 e. The van der Waals surface area contributed by atoms with Gasteiger partial charge in [0.15, 0.2) is 0 Å². The van der Waals surface area contributed by atoms with Gasteiger partial charge in [0, 0.05) is 19.3 Å². The van der Waals surface area contributed by atoms with E-state index in [0.717, 1.165) is 25.9 Å². The molecule has 1 heterocycles. The third-order valence-electron chi connectivity index (χ3n) is 2.62. The van der Waals surface area contributed by atoms with Crippen LogP contribution in [0.3, 0.4) is 0 Å². The molecule has 0 amide bonds. The summed E-state index contributed by atoms with van der Waals surface area (Å²) in [6.07, 6.45) is 4.54. The number of ketones is 1. The molecule has 2 heteroatoms. The number of Topliss-reactive ketones (excluding diaryl/α,β-unsaturated/α-hetero) is 1. The Morgan fingerprint density at radius 3 is 3.07 bits per heavy atom. The van der Waals surface area contributed by atoms with Gasteiger partial charge in [-0.2, -0.15) is 0 Å². The molecule has 2 nitrogen and oxygen atoms in total. The van der Waals surface area contributed by atoms with Crippen molar-refractivity contribution in [2.75, 3.05) is 13.1 Å². The van der Waals surface area contributed by atoms with E-state index in [1.54, 1.807) is 0 Å². The summed E-state index contributed by atoms with van der Waals surface area (Å²) >= 11 is 0. The van der Waals surface area contributed by atoms with Crippen LogP contribution in [0.25, 0.3) is 0 Å².